The Balaban J connectivity index is 3.08. The van der Waals surface area contributed by atoms with E-state index < -0.39 is 44.1 Å². The largest absolute Gasteiger partial charge is 0.413 e. The van der Waals surface area contributed by atoms with Gasteiger partial charge in [0.15, 0.2) is 6.61 Å². The topological polar surface area (TPSA) is 98.5 Å². The van der Waals surface area contributed by atoms with Gasteiger partial charge in [0.05, 0.1) is 9.82 Å². The molecule has 0 heterocycles. The van der Waals surface area contributed by atoms with Crippen LogP contribution in [-0.4, -0.2) is 26.1 Å². The van der Waals surface area contributed by atoms with Gasteiger partial charge in [-0.05, 0) is 18.6 Å². The second-order valence-corrected chi connectivity index (χ2v) is 5.43. The Morgan fingerprint density at radius 2 is 1.95 bits per heavy atom. The van der Waals surface area contributed by atoms with Gasteiger partial charge in [-0.2, -0.15) is 17.6 Å². The Labute approximate surface area is 115 Å². The molecular weight excluding hydrogens is 324 g/mol. The van der Waals surface area contributed by atoms with Crippen molar-refractivity contribution in [2.75, 3.05) is 6.61 Å². The molecule has 0 saturated carbocycles. The van der Waals surface area contributed by atoms with Crippen molar-refractivity contribution in [1.29, 1.82) is 0 Å². The van der Waals surface area contributed by atoms with E-state index in [1.54, 1.807) is 0 Å². The summed E-state index contributed by atoms with van der Waals surface area (Å²) in [5.74, 6) is -1.27. The Kier molecular flexibility index (Phi) is 4.86. The number of sulfonamides is 1. The molecule has 1 N–H and O–H groups in total. The molecule has 0 aliphatic rings. The van der Waals surface area contributed by atoms with Crippen molar-refractivity contribution < 1.29 is 35.7 Å². The summed E-state index contributed by atoms with van der Waals surface area (Å²) in [5, 5.41) is 10.5. The van der Waals surface area contributed by atoms with E-state index in [9.17, 15) is 36.1 Å². The third-order valence-electron chi connectivity index (χ3n) is 2.14. The number of aryl methyl sites for hydroxylation is 1. The van der Waals surface area contributed by atoms with Crippen molar-refractivity contribution in [3.8, 4) is 0 Å². The summed E-state index contributed by atoms with van der Waals surface area (Å²) in [6, 6.07) is 0.973. The Morgan fingerprint density at radius 1 is 1.38 bits per heavy atom. The lowest BCUT2D eigenvalue weighted by Crippen LogP contribution is -2.30. The molecule has 0 bridgehead atoms. The number of rotatable bonds is 5. The first kappa shape index (κ1) is 17.3. The average molecular weight is 332 g/mol. The maximum Gasteiger partial charge on any atom is 0.413 e. The number of halogens is 4. The van der Waals surface area contributed by atoms with Gasteiger partial charge in [0, 0.05) is 6.07 Å². The van der Waals surface area contributed by atoms with E-state index in [1.165, 1.54) is 4.89 Å². The molecule has 0 aliphatic heterocycles. The minimum absolute atomic E-state index is 0.235. The van der Waals surface area contributed by atoms with Crippen LogP contribution in [0.1, 0.15) is 5.56 Å². The normalized spacial score (nSPS) is 12.4. The van der Waals surface area contributed by atoms with Gasteiger partial charge < -0.3 is 0 Å². The van der Waals surface area contributed by atoms with Gasteiger partial charge in [-0.3, -0.25) is 15.0 Å². The van der Waals surface area contributed by atoms with Crippen LogP contribution in [0.15, 0.2) is 17.0 Å². The molecule has 0 fully saturated rings. The second kappa shape index (κ2) is 5.91. The molecule has 1 aromatic rings. The fourth-order valence-corrected chi connectivity index (χ4v) is 2.36. The molecule has 1 aromatic carbocycles. The molecule has 0 aromatic heterocycles. The highest BCUT2D eigenvalue weighted by molar-refractivity contribution is 7.89. The lowest BCUT2D eigenvalue weighted by atomic mass is 10.2. The number of hydrogen-bond donors (Lipinski definition) is 1. The van der Waals surface area contributed by atoms with Crippen LogP contribution in [0.2, 0.25) is 0 Å². The van der Waals surface area contributed by atoms with E-state index in [0.717, 1.165) is 6.92 Å². The molecule has 0 atom stereocenters. The maximum absolute atomic E-state index is 13.2. The SMILES string of the molecule is Cc1cc(F)c([N+](=O)[O-])cc1S(=O)(=O)NOCC(F)(F)F. The number of hydrogen-bond acceptors (Lipinski definition) is 5. The lowest BCUT2D eigenvalue weighted by molar-refractivity contribution is -0.387. The van der Waals surface area contributed by atoms with Gasteiger partial charge in [0.1, 0.15) is 0 Å². The van der Waals surface area contributed by atoms with Crippen LogP contribution in [0.5, 0.6) is 0 Å². The lowest BCUT2D eigenvalue weighted by Gasteiger charge is -2.11. The molecule has 0 radical (unpaired) electrons. The predicted molar refractivity (Wildman–Crippen MR) is 60.1 cm³/mol. The highest BCUT2D eigenvalue weighted by Gasteiger charge is 2.30. The number of nitrogens with one attached hydrogen (secondary N) is 1. The zero-order chi connectivity index (χ0) is 16.4. The molecule has 0 amide bonds. The van der Waals surface area contributed by atoms with E-state index >= 15 is 0 Å². The monoisotopic (exact) mass is 332 g/mol. The summed E-state index contributed by atoms with van der Waals surface area (Å²) < 4.78 is 72.1. The molecule has 21 heavy (non-hydrogen) atoms. The second-order valence-electron chi connectivity index (χ2n) is 3.82. The van der Waals surface area contributed by atoms with Crippen LogP contribution in [0.4, 0.5) is 23.2 Å². The molecule has 1 rings (SSSR count). The van der Waals surface area contributed by atoms with E-state index in [2.05, 4.69) is 4.84 Å². The molecule has 0 unspecified atom stereocenters. The Morgan fingerprint density at radius 3 is 2.43 bits per heavy atom. The van der Waals surface area contributed by atoms with E-state index in [0.29, 0.717) is 12.1 Å². The van der Waals surface area contributed by atoms with Crippen LogP contribution >= 0.6 is 0 Å². The minimum Gasteiger partial charge on any atom is -0.277 e. The summed E-state index contributed by atoms with van der Waals surface area (Å²) in [5.41, 5.74) is -1.36. The highest BCUT2D eigenvalue weighted by atomic mass is 32.2. The summed E-state index contributed by atoms with van der Waals surface area (Å²) in [6.07, 6.45) is -4.77. The summed E-state index contributed by atoms with van der Waals surface area (Å²) in [6.45, 7) is -0.778. The van der Waals surface area contributed by atoms with E-state index in [4.69, 9.17) is 0 Å². The van der Waals surface area contributed by atoms with Crippen molar-refractivity contribution in [2.24, 2.45) is 0 Å². The van der Waals surface area contributed by atoms with E-state index in [1.807, 2.05) is 0 Å². The van der Waals surface area contributed by atoms with Crippen LogP contribution < -0.4 is 4.89 Å². The fourth-order valence-electron chi connectivity index (χ4n) is 1.31. The van der Waals surface area contributed by atoms with Gasteiger partial charge in [0.25, 0.3) is 10.0 Å². The molecular formula is C9H8F4N2O5S. The van der Waals surface area contributed by atoms with Gasteiger partial charge in [0.2, 0.25) is 5.82 Å². The van der Waals surface area contributed by atoms with Crippen molar-refractivity contribution >= 4 is 15.7 Å². The molecule has 118 valence electrons. The van der Waals surface area contributed by atoms with Crippen molar-refractivity contribution in [2.45, 2.75) is 18.0 Å². The molecule has 12 heteroatoms. The van der Waals surface area contributed by atoms with Crippen molar-refractivity contribution in [3.63, 3.8) is 0 Å². The van der Waals surface area contributed by atoms with Gasteiger partial charge >= 0.3 is 11.9 Å². The fraction of sp³-hybridized carbons (Fsp3) is 0.333. The van der Waals surface area contributed by atoms with Crippen LogP contribution in [-0.2, 0) is 14.9 Å². The first-order valence-corrected chi connectivity index (χ1v) is 6.57. The number of nitro groups is 1. The molecule has 7 nitrogen and oxygen atoms in total. The van der Waals surface area contributed by atoms with Gasteiger partial charge in [-0.25, -0.2) is 8.42 Å². The van der Waals surface area contributed by atoms with Crippen LogP contribution in [0.3, 0.4) is 0 Å². The third kappa shape index (κ3) is 4.61. The summed E-state index contributed by atoms with van der Waals surface area (Å²) in [4.78, 5) is 13.5. The smallest absolute Gasteiger partial charge is 0.277 e. The molecule has 0 saturated heterocycles. The highest BCUT2D eigenvalue weighted by Crippen LogP contribution is 2.25. The van der Waals surface area contributed by atoms with Crippen molar-refractivity contribution in [1.82, 2.24) is 4.89 Å². The first-order valence-electron chi connectivity index (χ1n) is 5.09. The molecule has 0 aliphatic carbocycles. The number of nitro benzene ring substituents is 1. The first-order chi connectivity index (χ1) is 9.44. The minimum atomic E-state index is -4.77. The zero-order valence-corrected chi connectivity index (χ0v) is 11.1. The Bertz CT molecular complexity index is 659. The van der Waals surface area contributed by atoms with E-state index in [-0.39, 0.29) is 5.56 Å². The van der Waals surface area contributed by atoms with Crippen LogP contribution in [0, 0.1) is 22.9 Å². The quantitative estimate of drug-likeness (QED) is 0.504. The molecule has 0 spiro atoms. The third-order valence-corrected chi connectivity index (χ3v) is 3.49. The zero-order valence-electron chi connectivity index (χ0n) is 10.3. The summed E-state index contributed by atoms with van der Waals surface area (Å²) in [7, 11) is -4.63. The van der Waals surface area contributed by atoms with Crippen molar-refractivity contribution in [3.05, 3.63) is 33.6 Å². The standard InChI is InChI=1S/C9H8F4N2O5S/c1-5-2-6(10)7(15(16)17)3-8(5)21(18,19)14-20-4-9(11,12)13/h2-3,14H,4H2,1H3. The Hall–Kier alpha value is -1.79. The number of benzene rings is 1. The maximum atomic E-state index is 13.2. The number of alkyl halides is 3. The van der Waals surface area contributed by atoms with Crippen LogP contribution in [0.25, 0.3) is 0 Å². The van der Waals surface area contributed by atoms with Gasteiger partial charge in [-0.1, -0.05) is 4.89 Å². The number of nitrogens with zero attached hydrogens (tertiary/aromatic N) is 1. The average Bonchev–Trinajstić information content (AvgIpc) is 2.25. The summed E-state index contributed by atoms with van der Waals surface area (Å²) >= 11 is 0. The van der Waals surface area contributed by atoms with Gasteiger partial charge in [-0.15, -0.1) is 0 Å². The predicted octanol–water partition coefficient (Wildman–Crippen LogP) is 1.81.